The molecule has 0 saturated heterocycles. The van der Waals surface area contributed by atoms with Crippen LogP contribution in [0.15, 0.2) is 133 Å². The lowest BCUT2D eigenvalue weighted by Gasteiger charge is -2.30. The maximum atomic E-state index is 2.47. The smallest absolute Gasteiger partial charge is 0.0465 e. The summed E-state index contributed by atoms with van der Waals surface area (Å²) in [6, 6.07) is 50.5. The number of hydrogen-bond acceptors (Lipinski definition) is 1. The van der Waals surface area contributed by atoms with E-state index < -0.39 is 0 Å². The second-order valence-corrected chi connectivity index (χ2v) is 16.3. The van der Waals surface area contributed by atoms with Crippen molar-refractivity contribution in [3.63, 3.8) is 0 Å². The van der Waals surface area contributed by atoms with Gasteiger partial charge >= 0.3 is 0 Å². The van der Waals surface area contributed by atoms with Gasteiger partial charge in [0.15, 0.2) is 0 Å². The third kappa shape index (κ3) is 4.31. The number of fused-ring (bicyclic) bond motifs is 10. The molecule has 0 unspecified atom stereocenters. The second-order valence-electron chi connectivity index (χ2n) is 16.3. The molecule has 0 aromatic heterocycles. The first kappa shape index (κ1) is 30.0. The van der Waals surface area contributed by atoms with Gasteiger partial charge in [-0.3, -0.25) is 0 Å². The molecular weight excluding hydrogens is 591 g/mol. The first-order valence-corrected chi connectivity index (χ1v) is 17.7. The molecule has 2 aliphatic rings. The van der Waals surface area contributed by atoms with Gasteiger partial charge in [0.25, 0.3) is 0 Å². The Morgan fingerprint density at radius 2 is 0.857 bits per heavy atom. The van der Waals surface area contributed by atoms with Crippen molar-refractivity contribution < 1.29 is 0 Å². The molecule has 0 saturated carbocycles. The van der Waals surface area contributed by atoms with Gasteiger partial charge in [-0.15, -0.1) is 0 Å². The summed E-state index contributed by atoms with van der Waals surface area (Å²) >= 11 is 0. The van der Waals surface area contributed by atoms with E-state index in [1.54, 1.807) is 0 Å². The van der Waals surface area contributed by atoms with E-state index in [4.69, 9.17) is 0 Å². The van der Waals surface area contributed by atoms with Crippen LogP contribution in [0, 0.1) is 0 Å². The molecule has 240 valence electrons. The summed E-state index contributed by atoms with van der Waals surface area (Å²) in [5.74, 6) is 0. The molecule has 0 bridgehead atoms. The highest BCUT2D eigenvalue weighted by molar-refractivity contribution is 6.04. The number of benzene rings is 7. The Bertz CT molecular complexity index is 2320. The van der Waals surface area contributed by atoms with Crippen molar-refractivity contribution in [3.05, 3.63) is 161 Å². The van der Waals surface area contributed by atoms with Crippen LogP contribution in [0.1, 0.15) is 76.3 Å². The fraction of sp³-hybridized carbons (Fsp3) is 0.208. The zero-order valence-corrected chi connectivity index (χ0v) is 29.6. The van der Waals surface area contributed by atoms with Gasteiger partial charge in [0.2, 0.25) is 0 Å². The molecule has 0 spiro atoms. The van der Waals surface area contributed by atoms with E-state index in [-0.39, 0.29) is 16.2 Å². The van der Waals surface area contributed by atoms with E-state index in [2.05, 4.69) is 187 Å². The summed E-state index contributed by atoms with van der Waals surface area (Å²) in [4.78, 5) is 2.47. The Morgan fingerprint density at radius 1 is 0.429 bits per heavy atom. The van der Waals surface area contributed by atoms with Crippen LogP contribution in [0.25, 0.3) is 43.8 Å². The lowest BCUT2D eigenvalue weighted by Crippen LogP contribution is -2.18. The molecule has 0 aliphatic heterocycles. The van der Waals surface area contributed by atoms with E-state index in [1.807, 2.05) is 0 Å². The Balaban J connectivity index is 1.24. The molecular formula is C48H43N. The summed E-state index contributed by atoms with van der Waals surface area (Å²) in [5, 5.41) is 5.26. The maximum absolute atomic E-state index is 2.47. The van der Waals surface area contributed by atoms with Crippen molar-refractivity contribution in [2.45, 2.75) is 64.7 Å². The van der Waals surface area contributed by atoms with E-state index in [1.165, 1.54) is 88.7 Å². The minimum absolute atomic E-state index is 0.0850. The van der Waals surface area contributed by atoms with Crippen LogP contribution < -0.4 is 4.90 Å². The molecule has 49 heavy (non-hydrogen) atoms. The standard InChI is InChI=1S/C48H43N/c1-46(2,3)32-18-20-33(21-19-32)49(34-22-24-38-42(28-34)47(4,5)40-26-16-30-12-8-10-14-36(30)44(38)40)35-23-25-39-43(29-35)48(6,7)41-27-17-31-13-9-11-15-37(31)45(39)41/h8-29H,1-7H3. The average Bonchev–Trinajstić information content (AvgIpc) is 3.47. The zero-order valence-electron chi connectivity index (χ0n) is 29.6. The van der Waals surface area contributed by atoms with Crippen LogP contribution in [-0.4, -0.2) is 0 Å². The van der Waals surface area contributed by atoms with Crippen LogP contribution in [0.4, 0.5) is 17.1 Å². The fourth-order valence-corrected chi connectivity index (χ4v) is 8.83. The van der Waals surface area contributed by atoms with Crippen molar-refractivity contribution >= 4 is 38.6 Å². The fourth-order valence-electron chi connectivity index (χ4n) is 8.83. The third-order valence-corrected chi connectivity index (χ3v) is 11.6. The topological polar surface area (TPSA) is 3.24 Å². The summed E-state index contributed by atoms with van der Waals surface area (Å²) in [7, 11) is 0. The van der Waals surface area contributed by atoms with Crippen LogP contribution in [0.5, 0.6) is 0 Å². The highest BCUT2D eigenvalue weighted by atomic mass is 15.1. The Hall–Kier alpha value is -5.14. The summed E-state index contributed by atoms with van der Waals surface area (Å²) in [6.45, 7) is 16.4. The Kier molecular flexibility index (Phi) is 6.23. The first-order valence-electron chi connectivity index (χ1n) is 17.7. The van der Waals surface area contributed by atoms with Gasteiger partial charge < -0.3 is 4.90 Å². The van der Waals surface area contributed by atoms with E-state index in [0.29, 0.717) is 0 Å². The second kappa shape index (κ2) is 10.2. The summed E-state index contributed by atoms with van der Waals surface area (Å²) in [5.41, 5.74) is 15.8. The van der Waals surface area contributed by atoms with Crippen LogP contribution in [-0.2, 0) is 16.2 Å². The molecule has 0 heterocycles. The minimum Gasteiger partial charge on any atom is -0.310 e. The van der Waals surface area contributed by atoms with Gasteiger partial charge in [-0.1, -0.05) is 146 Å². The molecule has 0 radical (unpaired) electrons. The minimum atomic E-state index is -0.116. The monoisotopic (exact) mass is 633 g/mol. The van der Waals surface area contributed by atoms with Crippen molar-refractivity contribution in [2.24, 2.45) is 0 Å². The zero-order chi connectivity index (χ0) is 33.9. The SMILES string of the molecule is CC(C)(C)c1ccc(N(c2ccc3c(c2)C(C)(C)c2ccc4ccccc4c2-3)c2ccc3c(c2)C(C)(C)c2ccc4ccccc4c2-3)cc1. The third-order valence-electron chi connectivity index (χ3n) is 11.6. The molecule has 1 nitrogen and oxygen atoms in total. The van der Waals surface area contributed by atoms with Crippen molar-refractivity contribution in [1.82, 2.24) is 0 Å². The molecule has 0 N–H and O–H groups in total. The predicted octanol–water partition coefficient (Wildman–Crippen LogP) is 13.4. The van der Waals surface area contributed by atoms with E-state index >= 15 is 0 Å². The molecule has 9 rings (SSSR count). The average molecular weight is 634 g/mol. The molecule has 2 aliphatic carbocycles. The van der Waals surface area contributed by atoms with Crippen molar-refractivity contribution in [2.75, 3.05) is 4.90 Å². The predicted molar refractivity (Wildman–Crippen MR) is 210 cm³/mol. The summed E-state index contributed by atoms with van der Waals surface area (Å²) in [6.07, 6.45) is 0. The first-order chi connectivity index (χ1) is 23.4. The van der Waals surface area contributed by atoms with Crippen LogP contribution in [0.2, 0.25) is 0 Å². The normalized spacial score (nSPS) is 15.2. The van der Waals surface area contributed by atoms with Gasteiger partial charge in [-0.25, -0.2) is 0 Å². The highest BCUT2D eigenvalue weighted by Crippen LogP contribution is 2.55. The number of rotatable bonds is 3. The number of anilines is 3. The van der Waals surface area contributed by atoms with Crippen LogP contribution >= 0.6 is 0 Å². The number of hydrogen-bond donors (Lipinski definition) is 0. The van der Waals surface area contributed by atoms with Gasteiger partial charge in [-0.2, -0.15) is 0 Å². The van der Waals surface area contributed by atoms with Gasteiger partial charge in [0, 0.05) is 27.9 Å². The van der Waals surface area contributed by atoms with E-state index in [9.17, 15) is 0 Å². The lowest BCUT2D eigenvalue weighted by molar-refractivity contribution is 0.590. The van der Waals surface area contributed by atoms with Crippen molar-refractivity contribution in [3.8, 4) is 22.3 Å². The molecule has 0 fully saturated rings. The molecule has 7 aromatic rings. The molecule has 0 atom stereocenters. The lowest BCUT2D eigenvalue weighted by atomic mass is 9.81. The number of nitrogens with zero attached hydrogens (tertiary/aromatic N) is 1. The molecule has 1 heteroatoms. The van der Waals surface area contributed by atoms with Crippen LogP contribution in [0.3, 0.4) is 0 Å². The quantitative estimate of drug-likeness (QED) is 0.187. The molecule has 7 aromatic carbocycles. The van der Waals surface area contributed by atoms with Gasteiger partial charge in [0.05, 0.1) is 0 Å². The molecule has 0 amide bonds. The Morgan fingerprint density at radius 3 is 1.31 bits per heavy atom. The van der Waals surface area contributed by atoms with Gasteiger partial charge in [0.1, 0.15) is 0 Å². The van der Waals surface area contributed by atoms with Gasteiger partial charge in [-0.05, 0) is 113 Å². The van der Waals surface area contributed by atoms with E-state index in [0.717, 1.165) is 0 Å². The largest absolute Gasteiger partial charge is 0.310 e. The maximum Gasteiger partial charge on any atom is 0.0465 e. The summed E-state index contributed by atoms with van der Waals surface area (Å²) < 4.78 is 0. The Labute approximate surface area is 290 Å². The highest BCUT2D eigenvalue weighted by Gasteiger charge is 2.39. The van der Waals surface area contributed by atoms with Crippen molar-refractivity contribution in [1.29, 1.82) is 0 Å².